The van der Waals surface area contributed by atoms with Crippen LogP contribution in [0.2, 0.25) is 0 Å². The van der Waals surface area contributed by atoms with Gasteiger partial charge >= 0.3 is 0 Å². The molecule has 0 saturated carbocycles. The van der Waals surface area contributed by atoms with Crippen LogP contribution < -0.4 is 10.3 Å². The van der Waals surface area contributed by atoms with E-state index in [4.69, 9.17) is 9.72 Å². The third-order valence-electron chi connectivity index (χ3n) is 10.9. The highest BCUT2D eigenvalue weighted by Crippen LogP contribution is 2.40. The van der Waals surface area contributed by atoms with Gasteiger partial charge in [-0.1, -0.05) is 20.3 Å². The number of benzene rings is 1. The Bertz CT molecular complexity index is 1990. The number of imide groups is 1. The van der Waals surface area contributed by atoms with Crippen molar-refractivity contribution >= 4 is 47.4 Å². The lowest BCUT2D eigenvalue weighted by atomic mass is 9.76. The predicted molar refractivity (Wildman–Crippen MR) is 209 cm³/mol. The molecule has 4 amide bonds. The van der Waals surface area contributed by atoms with E-state index in [1.54, 1.807) is 29.2 Å². The molecule has 2 saturated heterocycles. The summed E-state index contributed by atoms with van der Waals surface area (Å²) in [6, 6.07) is 8.26. The summed E-state index contributed by atoms with van der Waals surface area (Å²) in [5, 5.41) is 13.6. The number of ether oxygens (including phenoxy) is 1. The van der Waals surface area contributed by atoms with Crippen LogP contribution in [0.3, 0.4) is 0 Å². The monoisotopic (exact) mass is 767 g/mol. The van der Waals surface area contributed by atoms with Gasteiger partial charge in [-0.25, -0.2) is 10.4 Å². The first-order valence-corrected chi connectivity index (χ1v) is 20.2. The van der Waals surface area contributed by atoms with Gasteiger partial charge < -0.3 is 9.30 Å². The van der Waals surface area contributed by atoms with Crippen molar-refractivity contribution in [1.29, 1.82) is 0 Å². The summed E-state index contributed by atoms with van der Waals surface area (Å²) >= 11 is 1.64. The van der Waals surface area contributed by atoms with Gasteiger partial charge in [0.1, 0.15) is 18.0 Å². The number of unbranched alkanes of at least 4 members (excludes halogenated alkanes) is 2. The molecule has 2 fully saturated rings. The zero-order chi connectivity index (χ0) is 38.5. The molecule has 14 nitrogen and oxygen atoms in total. The Morgan fingerprint density at radius 3 is 2.64 bits per heavy atom. The highest BCUT2D eigenvalue weighted by atomic mass is 32.2. The summed E-state index contributed by atoms with van der Waals surface area (Å²) in [5.74, 6) is 1.99. The molecule has 4 aliphatic heterocycles. The molecule has 0 bridgehead atoms. The van der Waals surface area contributed by atoms with Crippen molar-refractivity contribution in [3.63, 3.8) is 0 Å². The second-order valence-corrected chi connectivity index (χ2v) is 16.4. The predicted octanol–water partition coefficient (Wildman–Crippen LogP) is 4.16. The van der Waals surface area contributed by atoms with Crippen LogP contribution >= 0.6 is 11.8 Å². The molecule has 4 aliphatic rings. The first-order valence-electron chi connectivity index (χ1n) is 19.2. The molecule has 1 atom stereocenters. The molecular weight excluding hydrogens is 719 g/mol. The van der Waals surface area contributed by atoms with E-state index in [0.717, 1.165) is 64.9 Å². The molecule has 0 radical (unpaired) electrons. The van der Waals surface area contributed by atoms with E-state index in [9.17, 15) is 19.2 Å². The summed E-state index contributed by atoms with van der Waals surface area (Å²) in [5.41, 5.74) is 6.69. The lowest BCUT2D eigenvalue weighted by Gasteiger charge is -2.42. The van der Waals surface area contributed by atoms with E-state index in [0.29, 0.717) is 69.3 Å². The van der Waals surface area contributed by atoms with Gasteiger partial charge in [-0.2, -0.15) is 5.10 Å². The second kappa shape index (κ2) is 17.0. The Labute approximate surface area is 325 Å². The maximum atomic E-state index is 14.4. The number of thioether (sulfide) groups is 1. The summed E-state index contributed by atoms with van der Waals surface area (Å²) in [7, 11) is 1.94. The maximum Gasteiger partial charge on any atom is 0.260 e. The molecule has 1 aromatic carbocycles. The normalized spacial score (nSPS) is 19.5. The minimum atomic E-state index is -0.310. The Balaban J connectivity index is 1.09. The number of nitrogens with one attached hydrogen (secondary N) is 1. The van der Waals surface area contributed by atoms with Crippen molar-refractivity contribution < 1.29 is 23.9 Å². The summed E-state index contributed by atoms with van der Waals surface area (Å²) in [6.45, 7) is 8.85. The van der Waals surface area contributed by atoms with Crippen LogP contribution in [-0.4, -0.2) is 98.0 Å². The Kier molecular flexibility index (Phi) is 11.9. The number of aromatic nitrogens is 4. The number of anilines is 1. The minimum absolute atomic E-state index is 0.111. The summed E-state index contributed by atoms with van der Waals surface area (Å²) < 4.78 is 7.72. The number of piperidine rings is 1. The van der Waals surface area contributed by atoms with Gasteiger partial charge in [-0.15, -0.1) is 22.0 Å². The summed E-state index contributed by atoms with van der Waals surface area (Å²) in [6.07, 6.45) is 11.1. The lowest BCUT2D eigenvalue weighted by molar-refractivity contribution is -0.137. The number of carbonyl (C=O) groups excluding carboxylic acids is 4. The molecule has 0 spiro atoms. The third-order valence-corrected chi connectivity index (χ3v) is 11.7. The highest BCUT2D eigenvalue weighted by Gasteiger charge is 2.43. The minimum Gasteiger partial charge on any atom is -0.379 e. The number of rotatable bonds is 16. The van der Waals surface area contributed by atoms with Crippen LogP contribution in [0.4, 0.5) is 5.82 Å². The molecule has 0 aliphatic carbocycles. The van der Waals surface area contributed by atoms with Gasteiger partial charge in [0.15, 0.2) is 0 Å². The largest absolute Gasteiger partial charge is 0.379 e. The molecule has 3 aromatic rings. The van der Waals surface area contributed by atoms with Crippen molar-refractivity contribution in [2.24, 2.45) is 18.1 Å². The highest BCUT2D eigenvalue weighted by molar-refractivity contribution is 7.99. The van der Waals surface area contributed by atoms with Crippen LogP contribution in [0.5, 0.6) is 0 Å². The molecule has 7 rings (SSSR count). The van der Waals surface area contributed by atoms with E-state index in [-0.39, 0.29) is 35.5 Å². The van der Waals surface area contributed by atoms with Crippen LogP contribution in [0.1, 0.15) is 90.8 Å². The number of carbonyl (C=O) groups is 4. The first kappa shape index (κ1) is 38.5. The standard InChI is InChI=1S/C40H49N9O5S/c1-4-55-36-18-30(40(24-54-25-40)19-34-44-42-26-46(34)3)17-33(43-36)49-23-32-29(15-28(16-31(32)39(49)53)22-47-13-8-9-27(2)21-47)20-41-45-35(50)10-6-5-7-14-48-37(51)11-12-38(48)52/h11-12,15-18,20,26-27H,4-10,13-14,19,21-25H2,1-3H3,(H,45,50)/b41-20+/t27-/m0/s1. The number of aryl methyl sites for hydroxylation is 1. The van der Waals surface area contributed by atoms with Crippen LogP contribution in [-0.2, 0) is 51.1 Å². The van der Waals surface area contributed by atoms with Crippen molar-refractivity contribution in [3.05, 3.63) is 76.4 Å². The fourth-order valence-electron chi connectivity index (χ4n) is 7.84. The molecule has 6 heterocycles. The van der Waals surface area contributed by atoms with Crippen molar-refractivity contribution in [3.8, 4) is 0 Å². The van der Waals surface area contributed by atoms with E-state index in [2.05, 4.69) is 51.6 Å². The number of hydrazone groups is 1. The first-order chi connectivity index (χ1) is 26.6. The molecule has 1 N–H and O–H groups in total. The molecule has 290 valence electrons. The number of amides is 4. The van der Waals surface area contributed by atoms with Crippen LogP contribution in [0.15, 0.2) is 52.9 Å². The van der Waals surface area contributed by atoms with Crippen molar-refractivity contribution in [2.45, 2.75) is 82.3 Å². The molecule has 55 heavy (non-hydrogen) atoms. The van der Waals surface area contributed by atoms with Crippen LogP contribution in [0, 0.1) is 5.92 Å². The zero-order valence-corrected chi connectivity index (χ0v) is 32.6. The summed E-state index contributed by atoms with van der Waals surface area (Å²) in [4.78, 5) is 61.1. The number of nitrogens with zero attached hydrogens (tertiary/aromatic N) is 8. The number of fused-ring (bicyclic) bond motifs is 1. The van der Waals surface area contributed by atoms with Gasteiger partial charge in [0.25, 0.3) is 17.7 Å². The number of hydrogen-bond acceptors (Lipinski definition) is 11. The van der Waals surface area contributed by atoms with Gasteiger partial charge in [-0.05, 0) is 84.9 Å². The SMILES string of the molecule is CCSc1cc(C2(Cc3nncn3C)COC2)cc(N2Cc3c(/C=N/NC(=O)CCCCCN4C(=O)C=CC4=O)cc(CN4CCC[C@H](C)C4)cc3C2=O)n1. The van der Waals surface area contributed by atoms with Crippen molar-refractivity contribution in [1.82, 2.24) is 35.0 Å². The number of hydrogen-bond donors (Lipinski definition) is 1. The molecule has 2 aromatic heterocycles. The molecule has 0 unspecified atom stereocenters. The molecular formula is C40H49N9O5S. The maximum absolute atomic E-state index is 14.4. The van der Waals surface area contributed by atoms with Gasteiger partial charge in [0.05, 0.1) is 31.0 Å². The van der Waals surface area contributed by atoms with E-state index in [1.165, 1.54) is 23.5 Å². The third kappa shape index (κ3) is 8.73. The lowest BCUT2D eigenvalue weighted by Crippen LogP contribution is -2.49. The smallest absolute Gasteiger partial charge is 0.260 e. The van der Waals surface area contributed by atoms with Crippen molar-refractivity contribution in [2.75, 3.05) is 43.5 Å². The average molecular weight is 768 g/mol. The van der Waals surface area contributed by atoms with Gasteiger partial charge in [-0.3, -0.25) is 33.9 Å². The second-order valence-electron chi connectivity index (χ2n) is 15.1. The number of likely N-dealkylation sites (tertiary alicyclic amines) is 1. The number of pyridine rings is 1. The Hall–Kier alpha value is -4.73. The fraction of sp³-hybridized carbons (Fsp3) is 0.500. The Morgan fingerprint density at radius 1 is 1.11 bits per heavy atom. The average Bonchev–Trinajstić information content (AvgIpc) is 3.81. The van der Waals surface area contributed by atoms with Gasteiger partial charge in [0, 0.05) is 68.2 Å². The van der Waals surface area contributed by atoms with Gasteiger partial charge in [0.2, 0.25) is 5.91 Å². The van der Waals surface area contributed by atoms with E-state index >= 15 is 0 Å². The quantitative estimate of drug-likeness (QED) is 0.0739. The molecule has 15 heteroatoms. The van der Waals surface area contributed by atoms with E-state index in [1.807, 2.05) is 23.7 Å². The zero-order valence-electron chi connectivity index (χ0n) is 31.8. The van der Waals surface area contributed by atoms with Crippen LogP contribution in [0.25, 0.3) is 0 Å². The topological polar surface area (TPSA) is 155 Å². The fourth-order valence-corrected chi connectivity index (χ4v) is 8.50. The Morgan fingerprint density at radius 2 is 1.93 bits per heavy atom. The van der Waals surface area contributed by atoms with E-state index < -0.39 is 0 Å².